The average molecular weight is 270 g/mol. The molecule has 0 saturated heterocycles. The van der Waals surface area contributed by atoms with E-state index in [-0.39, 0.29) is 25.0 Å². The highest BCUT2D eigenvalue weighted by atomic mass is 16.4. The van der Waals surface area contributed by atoms with Gasteiger partial charge in [0.15, 0.2) is 0 Å². The number of hydrogen-bond acceptors (Lipinski definition) is 3. The fourth-order valence-corrected chi connectivity index (χ4v) is 3.30. The van der Waals surface area contributed by atoms with Gasteiger partial charge in [-0.25, -0.2) is 4.79 Å². The highest BCUT2D eigenvalue weighted by Crippen LogP contribution is 2.44. The molecular formula is C13H22N2O4. The Morgan fingerprint density at radius 1 is 1.32 bits per heavy atom. The minimum absolute atomic E-state index is 0.0635. The quantitative estimate of drug-likeness (QED) is 0.591. The predicted molar refractivity (Wildman–Crippen MR) is 68.6 cm³/mol. The summed E-state index contributed by atoms with van der Waals surface area (Å²) in [7, 11) is 0. The first-order chi connectivity index (χ1) is 8.85. The summed E-state index contributed by atoms with van der Waals surface area (Å²) < 4.78 is 0. The number of carbonyl (C=O) groups excluding carboxylic acids is 1. The maximum absolute atomic E-state index is 11.7. The number of carbonyl (C=O) groups is 2. The molecule has 4 atom stereocenters. The molecule has 2 rings (SSSR count). The van der Waals surface area contributed by atoms with Gasteiger partial charge in [0, 0.05) is 12.6 Å². The van der Waals surface area contributed by atoms with Crippen LogP contribution in [0.25, 0.3) is 0 Å². The highest BCUT2D eigenvalue weighted by Gasteiger charge is 2.40. The second kappa shape index (κ2) is 5.36. The number of hydrogen-bond donors (Lipinski definition) is 4. The van der Waals surface area contributed by atoms with Gasteiger partial charge in [0.05, 0.1) is 12.0 Å². The van der Waals surface area contributed by atoms with E-state index in [1.807, 2.05) is 0 Å². The predicted octanol–water partition coefficient (Wildman–Crippen LogP) is 0.700. The van der Waals surface area contributed by atoms with Crippen molar-refractivity contribution in [2.24, 2.45) is 11.8 Å². The van der Waals surface area contributed by atoms with Crippen LogP contribution in [0, 0.1) is 11.8 Å². The lowest BCUT2D eigenvalue weighted by Crippen LogP contribution is -2.49. The summed E-state index contributed by atoms with van der Waals surface area (Å²) in [4.78, 5) is 22.3. The molecule has 4 unspecified atom stereocenters. The van der Waals surface area contributed by atoms with Gasteiger partial charge in [-0.3, -0.25) is 4.79 Å². The SMILES string of the molecule is CC(O)(CNC(=O)NC1CC2CCC1C2)CC(=O)O. The second-order valence-corrected chi connectivity index (χ2v) is 6.18. The van der Waals surface area contributed by atoms with E-state index in [9.17, 15) is 14.7 Å². The van der Waals surface area contributed by atoms with Crippen molar-refractivity contribution in [3.8, 4) is 0 Å². The van der Waals surface area contributed by atoms with Crippen molar-refractivity contribution in [3.63, 3.8) is 0 Å². The molecule has 0 radical (unpaired) electrons. The number of amides is 2. The Morgan fingerprint density at radius 3 is 2.58 bits per heavy atom. The van der Waals surface area contributed by atoms with Crippen molar-refractivity contribution in [2.75, 3.05) is 6.54 Å². The summed E-state index contributed by atoms with van der Waals surface area (Å²) in [6.45, 7) is 1.34. The first-order valence-electron chi connectivity index (χ1n) is 6.84. The van der Waals surface area contributed by atoms with E-state index < -0.39 is 11.6 Å². The van der Waals surface area contributed by atoms with E-state index in [2.05, 4.69) is 10.6 Å². The monoisotopic (exact) mass is 270 g/mol. The van der Waals surface area contributed by atoms with Gasteiger partial charge in [-0.1, -0.05) is 6.42 Å². The Morgan fingerprint density at radius 2 is 2.05 bits per heavy atom. The van der Waals surface area contributed by atoms with Gasteiger partial charge in [-0.05, 0) is 38.0 Å². The van der Waals surface area contributed by atoms with Crippen LogP contribution in [0.5, 0.6) is 0 Å². The van der Waals surface area contributed by atoms with E-state index in [0.717, 1.165) is 12.3 Å². The first-order valence-corrected chi connectivity index (χ1v) is 6.84. The third kappa shape index (κ3) is 3.83. The number of fused-ring (bicyclic) bond motifs is 2. The molecule has 2 bridgehead atoms. The van der Waals surface area contributed by atoms with Crippen LogP contribution in [0.3, 0.4) is 0 Å². The average Bonchev–Trinajstić information content (AvgIpc) is 2.86. The summed E-state index contributed by atoms with van der Waals surface area (Å²) >= 11 is 0. The molecule has 0 aromatic carbocycles. The lowest BCUT2D eigenvalue weighted by atomic mass is 9.95. The summed E-state index contributed by atoms with van der Waals surface area (Å²) in [5.41, 5.74) is -1.42. The van der Waals surface area contributed by atoms with Crippen molar-refractivity contribution >= 4 is 12.0 Å². The molecule has 19 heavy (non-hydrogen) atoms. The smallest absolute Gasteiger partial charge is 0.315 e. The summed E-state index contributed by atoms with van der Waals surface area (Å²) in [5.74, 6) is 0.265. The van der Waals surface area contributed by atoms with Crippen LogP contribution in [0.15, 0.2) is 0 Å². The Hall–Kier alpha value is -1.30. The van der Waals surface area contributed by atoms with Crippen LogP contribution in [-0.4, -0.2) is 40.4 Å². The third-order valence-electron chi connectivity index (χ3n) is 4.22. The molecule has 0 aromatic rings. The van der Waals surface area contributed by atoms with Crippen LogP contribution in [0.2, 0.25) is 0 Å². The van der Waals surface area contributed by atoms with Crippen LogP contribution >= 0.6 is 0 Å². The molecule has 2 aliphatic rings. The summed E-state index contributed by atoms with van der Waals surface area (Å²) in [5, 5.41) is 23.9. The molecule has 2 aliphatic carbocycles. The number of carboxylic acids is 1. The number of aliphatic hydroxyl groups is 1. The molecule has 6 nitrogen and oxygen atoms in total. The van der Waals surface area contributed by atoms with E-state index in [0.29, 0.717) is 5.92 Å². The fraction of sp³-hybridized carbons (Fsp3) is 0.846. The fourth-order valence-electron chi connectivity index (χ4n) is 3.30. The topological polar surface area (TPSA) is 98.7 Å². The third-order valence-corrected chi connectivity index (χ3v) is 4.22. The zero-order chi connectivity index (χ0) is 14.0. The minimum atomic E-state index is -1.42. The summed E-state index contributed by atoms with van der Waals surface area (Å²) in [6.07, 6.45) is 4.33. The second-order valence-electron chi connectivity index (χ2n) is 6.18. The Balaban J connectivity index is 1.71. The molecule has 108 valence electrons. The number of aliphatic carboxylic acids is 1. The van der Waals surface area contributed by atoms with Gasteiger partial charge in [0.25, 0.3) is 0 Å². The number of nitrogens with one attached hydrogen (secondary N) is 2. The molecule has 2 fully saturated rings. The van der Waals surface area contributed by atoms with Crippen molar-refractivity contribution in [1.82, 2.24) is 10.6 Å². The Bertz CT molecular complexity index is 370. The van der Waals surface area contributed by atoms with Gasteiger partial charge in [0.2, 0.25) is 0 Å². The van der Waals surface area contributed by atoms with E-state index in [1.54, 1.807) is 0 Å². The molecule has 2 saturated carbocycles. The number of carboxylic acid groups (broad SMARTS) is 1. The largest absolute Gasteiger partial charge is 0.481 e. The molecule has 0 aliphatic heterocycles. The van der Waals surface area contributed by atoms with E-state index >= 15 is 0 Å². The van der Waals surface area contributed by atoms with E-state index in [4.69, 9.17) is 5.11 Å². The van der Waals surface area contributed by atoms with Gasteiger partial charge in [-0.15, -0.1) is 0 Å². The zero-order valence-corrected chi connectivity index (χ0v) is 11.2. The van der Waals surface area contributed by atoms with Gasteiger partial charge in [-0.2, -0.15) is 0 Å². The Kier molecular flexibility index (Phi) is 3.99. The van der Waals surface area contributed by atoms with Crippen molar-refractivity contribution in [3.05, 3.63) is 0 Å². The molecule has 6 heteroatoms. The van der Waals surface area contributed by atoms with Crippen molar-refractivity contribution < 1.29 is 19.8 Å². The van der Waals surface area contributed by atoms with Crippen molar-refractivity contribution in [2.45, 2.75) is 50.7 Å². The first kappa shape index (κ1) is 14.1. The molecule has 0 spiro atoms. The lowest BCUT2D eigenvalue weighted by Gasteiger charge is -2.25. The van der Waals surface area contributed by atoms with Crippen LogP contribution in [-0.2, 0) is 4.79 Å². The molecular weight excluding hydrogens is 248 g/mol. The van der Waals surface area contributed by atoms with Crippen molar-refractivity contribution in [1.29, 1.82) is 0 Å². The molecule has 2 amide bonds. The zero-order valence-electron chi connectivity index (χ0n) is 11.2. The number of rotatable bonds is 5. The normalized spacial score (nSPS) is 31.8. The van der Waals surface area contributed by atoms with Crippen LogP contribution in [0.4, 0.5) is 4.79 Å². The summed E-state index contributed by atoms with van der Waals surface area (Å²) in [6, 6.07) is -0.0774. The lowest BCUT2D eigenvalue weighted by molar-refractivity contribution is -0.141. The highest BCUT2D eigenvalue weighted by molar-refractivity contribution is 5.74. The maximum atomic E-state index is 11.7. The Labute approximate surface area is 112 Å². The minimum Gasteiger partial charge on any atom is -0.481 e. The maximum Gasteiger partial charge on any atom is 0.315 e. The van der Waals surface area contributed by atoms with E-state index in [1.165, 1.54) is 26.2 Å². The van der Waals surface area contributed by atoms with Gasteiger partial charge in [0.1, 0.15) is 0 Å². The molecule has 0 aromatic heterocycles. The van der Waals surface area contributed by atoms with Gasteiger partial charge < -0.3 is 20.8 Å². The molecule has 0 heterocycles. The molecule has 4 N–H and O–H groups in total. The van der Waals surface area contributed by atoms with Crippen LogP contribution in [0.1, 0.15) is 39.0 Å². The standard InChI is InChI=1S/C13H22N2O4/c1-13(19,6-11(16)17)7-14-12(18)15-10-5-8-2-3-9(10)4-8/h8-10,19H,2-7H2,1H3,(H,16,17)(H2,14,15,18). The van der Waals surface area contributed by atoms with Gasteiger partial charge >= 0.3 is 12.0 Å². The number of urea groups is 1. The van der Waals surface area contributed by atoms with Crippen LogP contribution < -0.4 is 10.6 Å².